The highest BCUT2D eigenvalue weighted by atomic mass is 16.3. The second-order valence-corrected chi connectivity index (χ2v) is 4.34. The van der Waals surface area contributed by atoms with Crippen molar-refractivity contribution < 1.29 is 14.3 Å². The lowest BCUT2D eigenvalue weighted by Gasteiger charge is -2.25. The molecular weight excluding hydrogens is 220 g/mol. The summed E-state index contributed by atoms with van der Waals surface area (Å²) in [6.45, 7) is 0.322. The summed E-state index contributed by atoms with van der Waals surface area (Å²) in [5, 5.41) is 11.7. The molecule has 0 aliphatic heterocycles. The van der Waals surface area contributed by atoms with Crippen molar-refractivity contribution in [1.29, 1.82) is 0 Å². The Labute approximate surface area is 100 Å². The fraction of sp³-hybridized carbons (Fsp3) is 0.583. The Morgan fingerprint density at radius 2 is 2.53 bits per heavy atom. The molecule has 0 fully saturated rings. The van der Waals surface area contributed by atoms with Crippen molar-refractivity contribution in [2.45, 2.75) is 25.3 Å². The van der Waals surface area contributed by atoms with Crippen molar-refractivity contribution >= 4 is 6.03 Å². The van der Waals surface area contributed by atoms with E-state index in [1.165, 1.54) is 4.90 Å². The van der Waals surface area contributed by atoms with Crippen LogP contribution in [0.5, 0.6) is 0 Å². The van der Waals surface area contributed by atoms with E-state index in [2.05, 4.69) is 5.32 Å². The van der Waals surface area contributed by atoms with Crippen LogP contribution in [0.2, 0.25) is 0 Å². The number of aryl methyl sites for hydroxylation is 1. The number of aliphatic hydroxyl groups excluding tert-OH is 1. The zero-order valence-electron chi connectivity index (χ0n) is 9.98. The first-order valence-corrected chi connectivity index (χ1v) is 5.91. The quantitative estimate of drug-likeness (QED) is 0.834. The third-order valence-corrected chi connectivity index (χ3v) is 3.13. The predicted molar refractivity (Wildman–Crippen MR) is 62.6 cm³/mol. The molecule has 0 saturated carbocycles. The molecule has 5 heteroatoms. The first kappa shape index (κ1) is 12.0. The molecule has 0 bridgehead atoms. The average Bonchev–Trinajstić information content (AvgIpc) is 2.78. The summed E-state index contributed by atoms with van der Waals surface area (Å²) >= 11 is 0. The van der Waals surface area contributed by atoms with Crippen molar-refractivity contribution in [3.05, 3.63) is 23.7 Å². The molecule has 1 aromatic heterocycles. The van der Waals surface area contributed by atoms with Crippen molar-refractivity contribution in [1.82, 2.24) is 10.2 Å². The van der Waals surface area contributed by atoms with E-state index in [9.17, 15) is 4.79 Å². The van der Waals surface area contributed by atoms with Crippen molar-refractivity contribution in [3.63, 3.8) is 0 Å². The second kappa shape index (κ2) is 5.23. The molecule has 0 saturated heterocycles. The molecule has 94 valence electrons. The van der Waals surface area contributed by atoms with Crippen molar-refractivity contribution in [2.75, 3.05) is 20.2 Å². The highest BCUT2D eigenvalue weighted by molar-refractivity contribution is 5.74. The maximum absolute atomic E-state index is 11.8. The third-order valence-electron chi connectivity index (χ3n) is 3.13. The van der Waals surface area contributed by atoms with Gasteiger partial charge in [0.05, 0.1) is 18.9 Å². The highest BCUT2D eigenvalue weighted by Gasteiger charge is 2.24. The Morgan fingerprint density at radius 3 is 3.29 bits per heavy atom. The number of nitrogens with one attached hydrogen (secondary N) is 1. The van der Waals surface area contributed by atoms with Crippen LogP contribution >= 0.6 is 0 Å². The van der Waals surface area contributed by atoms with Crippen LogP contribution in [-0.4, -0.2) is 36.2 Å². The van der Waals surface area contributed by atoms with Crippen molar-refractivity contribution in [2.24, 2.45) is 0 Å². The number of carbonyl (C=O) groups excluding carboxylic acids is 1. The molecule has 1 aliphatic carbocycles. The molecule has 2 N–H and O–H groups in total. The smallest absolute Gasteiger partial charge is 0.317 e. The Bertz CT molecular complexity index is 389. The molecule has 0 spiro atoms. The number of urea groups is 1. The van der Waals surface area contributed by atoms with Gasteiger partial charge in [-0.2, -0.15) is 0 Å². The molecule has 0 aromatic carbocycles. The van der Waals surface area contributed by atoms with Gasteiger partial charge in [-0.3, -0.25) is 0 Å². The summed E-state index contributed by atoms with van der Waals surface area (Å²) in [6.07, 6.45) is 4.58. The predicted octanol–water partition coefficient (Wildman–Crippen LogP) is 1.29. The second-order valence-electron chi connectivity index (χ2n) is 4.34. The Hall–Kier alpha value is -1.49. The summed E-state index contributed by atoms with van der Waals surface area (Å²) in [7, 11) is 1.67. The van der Waals surface area contributed by atoms with Gasteiger partial charge in [0.15, 0.2) is 0 Å². The monoisotopic (exact) mass is 238 g/mol. The number of amides is 2. The van der Waals surface area contributed by atoms with E-state index in [0.29, 0.717) is 6.54 Å². The summed E-state index contributed by atoms with van der Waals surface area (Å²) in [4.78, 5) is 13.3. The van der Waals surface area contributed by atoms with E-state index in [-0.39, 0.29) is 18.7 Å². The molecule has 1 aromatic rings. The van der Waals surface area contributed by atoms with Gasteiger partial charge in [-0.05, 0) is 18.9 Å². The lowest BCUT2D eigenvalue weighted by atomic mass is 9.93. The third kappa shape index (κ3) is 2.61. The molecule has 1 aliphatic rings. The lowest BCUT2D eigenvalue weighted by molar-refractivity contribution is 0.185. The number of fused-ring (bicyclic) bond motifs is 1. The van der Waals surface area contributed by atoms with Crippen LogP contribution in [0.15, 0.2) is 16.7 Å². The van der Waals surface area contributed by atoms with Crippen LogP contribution < -0.4 is 5.32 Å². The Balaban J connectivity index is 1.99. The summed E-state index contributed by atoms with van der Waals surface area (Å²) in [5.41, 5.74) is 1.09. The number of carbonyl (C=O) groups is 1. The fourth-order valence-electron chi connectivity index (χ4n) is 2.15. The topological polar surface area (TPSA) is 65.7 Å². The number of hydrogen-bond donors (Lipinski definition) is 2. The molecular formula is C12H18N2O3. The zero-order valence-corrected chi connectivity index (χ0v) is 9.98. The maximum Gasteiger partial charge on any atom is 0.317 e. The van der Waals surface area contributed by atoms with Crippen LogP contribution in [0.3, 0.4) is 0 Å². The molecule has 0 radical (unpaired) electrons. The number of hydrogen-bond acceptors (Lipinski definition) is 3. The lowest BCUT2D eigenvalue weighted by Crippen LogP contribution is -2.41. The van der Waals surface area contributed by atoms with Gasteiger partial charge in [-0.15, -0.1) is 0 Å². The number of furan rings is 1. The fourth-order valence-corrected chi connectivity index (χ4v) is 2.15. The largest absolute Gasteiger partial charge is 0.469 e. The number of likely N-dealkylation sites (N-methyl/N-ethyl adjacent to an activating group) is 1. The summed E-state index contributed by atoms with van der Waals surface area (Å²) in [5.74, 6) is 0.978. The Morgan fingerprint density at radius 1 is 1.71 bits per heavy atom. The number of rotatable bonds is 3. The van der Waals surface area contributed by atoms with Crippen molar-refractivity contribution in [3.8, 4) is 0 Å². The minimum Gasteiger partial charge on any atom is -0.469 e. The van der Waals surface area contributed by atoms with E-state index in [1.807, 2.05) is 6.07 Å². The maximum atomic E-state index is 11.8. The first-order valence-electron chi connectivity index (χ1n) is 5.91. The molecule has 1 unspecified atom stereocenters. The number of nitrogens with zero attached hydrogens (tertiary/aromatic N) is 1. The van der Waals surface area contributed by atoms with Gasteiger partial charge in [0.1, 0.15) is 5.76 Å². The molecule has 1 atom stereocenters. The summed E-state index contributed by atoms with van der Waals surface area (Å²) in [6, 6.07) is 1.80. The van der Waals surface area contributed by atoms with E-state index < -0.39 is 0 Å². The average molecular weight is 238 g/mol. The van der Waals surface area contributed by atoms with E-state index in [4.69, 9.17) is 9.52 Å². The molecule has 2 rings (SSSR count). The summed E-state index contributed by atoms with van der Waals surface area (Å²) < 4.78 is 5.37. The molecule has 17 heavy (non-hydrogen) atoms. The van der Waals surface area contributed by atoms with Gasteiger partial charge in [0, 0.05) is 25.6 Å². The Kier molecular flexibility index (Phi) is 3.68. The minimum atomic E-state index is -0.155. The van der Waals surface area contributed by atoms with Crippen LogP contribution in [0.1, 0.15) is 30.2 Å². The van der Waals surface area contributed by atoms with Gasteiger partial charge >= 0.3 is 6.03 Å². The van der Waals surface area contributed by atoms with E-state index in [0.717, 1.165) is 30.6 Å². The van der Waals surface area contributed by atoms with Crippen LogP contribution in [0.25, 0.3) is 0 Å². The standard InChI is InChI=1S/C12H18N2O3/c1-14(6-7-15)12(16)13-10-3-2-4-11-9(10)5-8-17-11/h5,8,10,15H,2-4,6-7H2,1H3,(H,13,16). The first-order chi connectivity index (χ1) is 8.22. The number of aliphatic hydroxyl groups is 1. The zero-order chi connectivity index (χ0) is 12.3. The van der Waals surface area contributed by atoms with Crippen LogP contribution in [0, 0.1) is 0 Å². The van der Waals surface area contributed by atoms with Gasteiger partial charge in [-0.25, -0.2) is 4.79 Å². The molecule has 5 nitrogen and oxygen atoms in total. The normalized spacial score (nSPS) is 18.6. The minimum absolute atomic E-state index is 0.0223. The molecule has 1 heterocycles. The highest BCUT2D eigenvalue weighted by Crippen LogP contribution is 2.30. The van der Waals surface area contributed by atoms with Gasteiger partial charge in [0.2, 0.25) is 0 Å². The van der Waals surface area contributed by atoms with E-state index >= 15 is 0 Å². The SMILES string of the molecule is CN(CCO)C(=O)NC1CCCc2occc21. The van der Waals surface area contributed by atoms with Crippen LogP contribution in [-0.2, 0) is 6.42 Å². The molecule has 2 amide bonds. The van der Waals surface area contributed by atoms with Gasteiger partial charge in [-0.1, -0.05) is 0 Å². The van der Waals surface area contributed by atoms with Gasteiger partial charge < -0.3 is 19.7 Å². The van der Waals surface area contributed by atoms with Crippen LogP contribution in [0.4, 0.5) is 4.79 Å². The van der Waals surface area contributed by atoms with E-state index in [1.54, 1.807) is 13.3 Å². The van der Waals surface area contributed by atoms with Gasteiger partial charge in [0.25, 0.3) is 0 Å².